The third-order valence-electron chi connectivity index (χ3n) is 6.11. The van der Waals surface area contributed by atoms with Crippen molar-refractivity contribution in [1.82, 2.24) is 0 Å². The average Bonchev–Trinajstić information content (AvgIpc) is 3.25. The van der Waals surface area contributed by atoms with Gasteiger partial charge in [-0.3, -0.25) is 14.4 Å². The van der Waals surface area contributed by atoms with Crippen LogP contribution in [0.25, 0.3) is 21.9 Å². The number of rotatable bonds is 6. The molecule has 0 saturated carbocycles. The van der Waals surface area contributed by atoms with Gasteiger partial charge in [-0.25, -0.2) is 0 Å². The summed E-state index contributed by atoms with van der Waals surface area (Å²) in [6, 6.07) is 18.4. The van der Waals surface area contributed by atoms with Crippen LogP contribution < -0.4 is 15.5 Å². The van der Waals surface area contributed by atoms with E-state index in [1.165, 1.54) is 0 Å². The third-order valence-corrected chi connectivity index (χ3v) is 6.11. The number of aryl methyl sites for hydroxylation is 2. The quantitative estimate of drug-likeness (QED) is 0.297. The number of ether oxygens (including phenoxy) is 1. The van der Waals surface area contributed by atoms with Crippen molar-refractivity contribution in [2.75, 3.05) is 11.9 Å². The van der Waals surface area contributed by atoms with Gasteiger partial charge in [0.15, 0.2) is 16.9 Å². The van der Waals surface area contributed by atoms with E-state index in [0.717, 1.165) is 17.2 Å². The summed E-state index contributed by atoms with van der Waals surface area (Å²) in [5, 5.41) is 3.70. The topological polar surface area (TPSA) is 98.7 Å². The normalized spacial score (nSPS) is 11.1. The third kappa shape index (κ3) is 4.05. The fourth-order valence-electron chi connectivity index (χ4n) is 4.07. The minimum Gasteiger partial charge on any atom is -0.494 e. The molecule has 0 fully saturated rings. The monoisotopic (exact) mass is 481 g/mol. The molecule has 7 nitrogen and oxygen atoms in total. The summed E-state index contributed by atoms with van der Waals surface area (Å²) < 4.78 is 17.2. The molecule has 180 valence electrons. The number of hydrogen-bond acceptors (Lipinski definition) is 6. The maximum Gasteiger partial charge on any atom is 0.291 e. The minimum atomic E-state index is -0.665. The number of anilines is 1. The van der Waals surface area contributed by atoms with Gasteiger partial charge >= 0.3 is 0 Å². The Kier molecular flexibility index (Phi) is 5.90. The summed E-state index contributed by atoms with van der Waals surface area (Å²) in [5.41, 5.74) is 2.76. The van der Waals surface area contributed by atoms with E-state index in [1.54, 1.807) is 54.6 Å². The number of benzene rings is 3. The molecule has 0 atom stereocenters. The van der Waals surface area contributed by atoms with Crippen molar-refractivity contribution >= 4 is 39.3 Å². The zero-order valence-corrected chi connectivity index (χ0v) is 20.0. The highest BCUT2D eigenvalue weighted by Crippen LogP contribution is 2.33. The predicted octanol–water partition coefficient (Wildman–Crippen LogP) is 6.04. The van der Waals surface area contributed by atoms with E-state index in [-0.39, 0.29) is 22.6 Å². The molecule has 2 heterocycles. The van der Waals surface area contributed by atoms with Gasteiger partial charge in [-0.2, -0.15) is 0 Å². The molecule has 5 rings (SSSR count). The van der Waals surface area contributed by atoms with E-state index >= 15 is 0 Å². The first kappa shape index (κ1) is 23.1. The number of amides is 1. The van der Waals surface area contributed by atoms with Crippen LogP contribution >= 0.6 is 0 Å². The molecule has 0 bridgehead atoms. The zero-order chi connectivity index (χ0) is 25.4. The number of fused-ring (bicyclic) bond motifs is 2. The number of furan rings is 1. The summed E-state index contributed by atoms with van der Waals surface area (Å²) in [6.45, 7) is 6.12. The minimum absolute atomic E-state index is 0.0242. The van der Waals surface area contributed by atoms with Crippen molar-refractivity contribution in [3.63, 3.8) is 0 Å². The molecule has 1 amide bonds. The smallest absolute Gasteiger partial charge is 0.291 e. The lowest BCUT2D eigenvalue weighted by molar-refractivity contribution is 0.0997. The highest BCUT2D eigenvalue weighted by molar-refractivity contribution is 6.18. The maximum atomic E-state index is 13.4. The molecule has 3 aromatic carbocycles. The van der Waals surface area contributed by atoms with Crippen LogP contribution in [-0.4, -0.2) is 18.3 Å². The molecule has 0 unspecified atom stereocenters. The van der Waals surface area contributed by atoms with Crippen molar-refractivity contribution in [2.45, 2.75) is 20.8 Å². The molecule has 0 radical (unpaired) electrons. The van der Waals surface area contributed by atoms with E-state index in [0.29, 0.717) is 39.9 Å². The van der Waals surface area contributed by atoms with Gasteiger partial charge in [-0.15, -0.1) is 0 Å². The Bertz CT molecular complexity index is 1690. The highest BCUT2D eigenvalue weighted by Gasteiger charge is 2.25. The Morgan fingerprint density at radius 2 is 1.67 bits per heavy atom. The standard InChI is InChI=1S/C29H23NO6/c1-4-34-19-12-10-18(11-13-19)26(32)28-25(21-7-5-6-8-23(21)35-28)30-29(33)24-15-22(31)20-14-9-16(2)17(3)27(20)36-24/h5-15H,4H2,1-3H3,(H,30,33). The van der Waals surface area contributed by atoms with Gasteiger partial charge in [0.05, 0.1) is 17.7 Å². The second kappa shape index (κ2) is 9.19. The number of para-hydroxylation sites is 1. The van der Waals surface area contributed by atoms with E-state index in [1.807, 2.05) is 26.8 Å². The van der Waals surface area contributed by atoms with Crippen LogP contribution in [0.15, 0.2) is 80.4 Å². The van der Waals surface area contributed by atoms with Gasteiger partial charge in [-0.05, 0) is 74.4 Å². The molecule has 7 heteroatoms. The van der Waals surface area contributed by atoms with Crippen LogP contribution in [0.4, 0.5) is 5.69 Å². The molecular weight excluding hydrogens is 458 g/mol. The molecule has 0 saturated heterocycles. The molecule has 0 aliphatic carbocycles. The van der Waals surface area contributed by atoms with Gasteiger partial charge < -0.3 is 18.9 Å². The van der Waals surface area contributed by atoms with Crippen LogP contribution in [0, 0.1) is 13.8 Å². The summed E-state index contributed by atoms with van der Waals surface area (Å²) in [7, 11) is 0. The van der Waals surface area contributed by atoms with Gasteiger partial charge in [-0.1, -0.05) is 18.2 Å². The Labute approximate surface area is 206 Å². The van der Waals surface area contributed by atoms with E-state index < -0.39 is 11.7 Å². The first-order valence-corrected chi connectivity index (χ1v) is 11.5. The molecule has 5 aromatic rings. The van der Waals surface area contributed by atoms with Crippen LogP contribution in [0.1, 0.15) is 44.7 Å². The number of carbonyl (C=O) groups is 2. The van der Waals surface area contributed by atoms with Crippen molar-refractivity contribution < 1.29 is 23.2 Å². The summed E-state index contributed by atoms with van der Waals surface area (Å²) >= 11 is 0. The van der Waals surface area contributed by atoms with Gasteiger partial charge in [0, 0.05) is 17.0 Å². The first-order chi connectivity index (χ1) is 17.4. The van der Waals surface area contributed by atoms with E-state index in [2.05, 4.69) is 5.32 Å². The average molecular weight is 482 g/mol. The predicted molar refractivity (Wildman–Crippen MR) is 137 cm³/mol. The summed E-state index contributed by atoms with van der Waals surface area (Å²) in [4.78, 5) is 39.3. The number of ketones is 1. The number of carbonyl (C=O) groups excluding carboxylic acids is 2. The lowest BCUT2D eigenvalue weighted by Gasteiger charge is -2.09. The molecule has 36 heavy (non-hydrogen) atoms. The molecule has 1 N–H and O–H groups in total. The van der Waals surface area contributed by atoms with Crippen molar-refractivity contribution in [3.05, 3.63) is 105 Å². The van der Waals surface area contributed by atoms with Crippen molar-refractivity contribution in [1.29, 1.82) is 0 Å². The zero-order valence-electron chi connectivity index (χ0n) is 20.0. The maximum absolute atomic E-state index is 13.4. The van der Waals surface area contributed by atoms with E-state index in [4.69, 9.17) is 13.6 Å². The largest absolute Gasteiger partial charge is 0.494 e. The lowest BCUT2D eigenvalue weighted by atomic mass is 10.1. The Hall–Kier alpha value is -4.65. The Morgan fingerprint density at radius 1 is 0.917 bits per heavy atom. The van der Waals surface area contributed by atoms with Crippen LogP contribution in [-0.2, 0) is 0 Å². The second-order valence-corrected chi connectivity index (χ2v) is 8.40. The van der Waals surface area contributed by atoms with Gasteiger partial charge in [0.1, 0.15) is 16.9 Å². The van der Waals surface area contributed by atoms with Crippen molar-refractivity contribution in [2.24, 2.45) is 0 Å². The van der Waals surface area contributed by atoms with Crippen LogP contribution in [0.5, 0.6) is 5.75 Å². The molecule has 0 aliphatic rings. The second-order valence-electron chi connectivity index (χ2n) is 8.40. The highest BCUT2D eigenvalue weighted by atomic mass is 16.5. The number of nitrogens with one attached hydrogen (secondary N) is 1. The van der Waals surface area contributed by atoms with Crippen LogP contribution in [0.3, 0.4) is 0 Å². The van der Waals surface area contributed by atoms with Gasteiger partial charge in [0.2, 0.25) is 5.78 Å². The van der Waals surface area contributed by atoms with Crippen molar-refractivity contribution in [3.8, 4) is 5.75 Å². The lowest BCUT2D eigenvalue weighted by Crippen LogP contribution is -2.17. The van der Waals surface area contributed by atoms with E-state index in [9.17, 15) is 14.4 Å². The molecule has 2 aromatic heterocycles. The molecule has 0 aliphatic heterocycles. The fourth-order valence-corrected chi connectivity index (χ4v) is 4.07. The van der Waals surface area contributed by atoms with Gasteiger partial charge in [0.25, 0.3) is 5.91 Å². The van der Waals surface area contributed by atoms with Crippen LogP contribution in [0.2, 0.25) is 0 Å². The Balaban J connectivity index is 1.56. The SMILES string of the molecule is CCOc1ccc(C(=O)c2oc3ccccc3c2NC(=O)c2cc(=O)c3ccc(C)c(C)c3o2)cc1. The summed E-state index contributed by atoms with van der Waals surface area (Å²) in [5.74, 6) is -0.614. The molecule has 0 spiro atoms. The number of hydrogen-bond donors (Lipinski definition) is 1. The molecular formula is C29H23NO6. The Morgan fingerprint density at radius 3 is 2.42 bits per heavy atom. The fraction of sp³-hybridized carbons (Fsp3) is 0.138. The first-order valence-electron chi connectivity index (χ1n) is 11.5. The summed E-state index contributed by atoms with van der Waals surface area (Å²) in [6.07, 6.45) is 0.